The first-order valence-electron chi connectivity index (χ1n) is 5.12. The molecule has 86 valence electrons. The summed E-state index contributed by atoms with van der Waals surface area (Å²) in [5.41, 5.74) is 6.30. The maximum atomic E-state index is 13.1. The highest BCUT2D eigenvalue weighted by Gasteiger charge is 2.22. The summed E-state index contributed by atoms with van der Waals surface area (Å²) in [4.78, 5) is 11.3. The van der Waals surface area contributed by atoms with Crippen LogP contribution in [0.3, 0.4) is 0 Å². The van der Waals surface area contributed by atoms with Crippen molar-refractivity contribution >= 4 is 17.0 Å². The van der Waals surface area contributed by atoms with Gasteiger partial charge in [-0.15, -0.1) is 0 Å². The lowest BCUT2D eigenvalue weighted by Crippen LogP contribution is -2.24. The molecule has 0 radical (unpaired) electrons. The molecule has 2 aromatic rings. The molecule has 0 amide bonds. The molecule has 5 nitrogen and oxygen atoms in total. The van der Waals surface area contributed by atoms with Crippen LogP contribution in [0.2, 0.25) is 0 Å². The van der Waals surface area contributed by atoms with Crippen molar-refractivity contribution in [3.05, 3.63) is 12.4 Å². The normalized spacial score (nSPS) is 12.2. The molecule has 0 bridgehead atoms. The van der Waals surface area contributed by atoms with E-state index in [1.165, 1.54) is 0 Å². The van der Waals surface area contributed by atoms with Crippen LogP contribution in [-0.2, 0) is 5.54 Å². The number of nitrogens with two attached hydrogens (primary N) is 1. The van der Waals surface area contributed by atoms with Gasteiger partial charge >= 0.3 is 6.08 Å². The first kappa shape index (κ1) is 10.8. The molecule has 2 N–H and O–H groups in total. The Morgan fingerprint density at radius 2 is 2.12 bits per heavy atom. The fourth-order valence-electron chi connectivity index (χ4n) is 1.51. The van der Waals surface area contributed by atoms with Crippen molar-refractivity contribution in [3.63, 3.8) is 0 Å². The Morgan fingerprint density at radius 3 is 2.75 bits per heavy atom. The van der Waals surface area contributed by atoms with Crippen LogP contribution in [0.1, 0.15) is 27.2 Å². The summed E-state index contributed by atoms with van der Waals surface area (Å²) >= 11 is 0. The van der Waals surface area contributed by atoms with Crippen LogP contribution in [0.5, 0.6) is 0 Å². The molecule has 0 fully saturated rings. The molecule has 6 heteroatoms. The highest BCUT2D eigenvalue weighted by atomic mass is 19.1. The minimum absolute atomic E-state index is 0.0770. The van der Waals surface area contributed by atoms with Crippen molar-refractivity contribution in [2.75, 3.05) is 5.73 Å². The molecule has 0 aliphatic rings. The van der Waals surface area contributed by atoms with E-state index in [9.17, 15) is 4.39 Å². The Bertz CT molecular complexity index is 531. The first-order valence-corrected chi connectivity index (χ1v) is 5.12. The number of fused-ring (bicyclic) bond motifs is 1. The molecule has 0 saturated carbocycles. The van der Waals surface area contributed by atoms with Gasteiger partial charge in [0.25, 0.3) is 0 Å². The summed E-state index contributed by atoms with van der Waals surface area (Å²) in [6.45, 7) is 6.11. The van der Waals surface area contributed by atoms with Crippen molar-refractivity contribution in [3.8, 4) is 0 Å². The van der Waals surface area contributed by atoms with Gasteiger partial charge in [-0.25, -0.2) is 4.98 Å². The van der Waals surface area contributed by atoms with Gasteiger partial charge in [0.2, 0.25) is 0 Å². The summed E-state index contributed by atoms with van der Waals surface area (Å²) in [5.74, 6) is 0.0770. The summed E-state index contributed by atoms with van der Waals surface area (Å²) in [5, 5.41) is 0. The Labute approximate surface area is 92.5 Å². The van der Waals surface area contributed by atoms with Crippen LogP contribution in [-0.4, -0.2) is 19.5 Å². The lowest BCUT2D eigenvalue weighted by molar-refractivity contribution is 0.349. The number of hydrogen-bond acceptors (Lipinski definition) is 4. The van der Waals surface area contributed by atoms with E-state index in [1.54, 1.807) is 6.33 Å². The van der Waals surface area contributed by atoms with Crippen molar-refractivity contribution in [1.82, 2.24) is 19.5 Å². The third kappa shape index (κ3) is 1.50. The fourth-order valence-corrected chi connectivity index (χ4v) is 1.51. The second-order valence-electron chi connectivity index (χ2n) is 4.33. The molecule has 2 aromatic heterocycles. The SMILES string of the molecule is CCC(C)(C)n1cnc2c(N)nc(F)nc21. The number of nitrogens with zero attached hydrogens (tertiary/aromatic N) is 4. The molecular weight excluding hydrogens is 209 g/mol. The summed E-state index contributed by atoms with van der Waals surface area (Å²) in [6.07, 6.45) is 1.68. The van der Waals surface area contributed by atoms with Crippen molar-refractivity contribution in [1.29, 1.82) is 0 Å². The van der Waals surface area contributed by atoms with E-state index in [2.05, 4.69) is 15.0 Å². The second-order valence-corrected chi connectivity index (χ2v) is 4.33. The number of halogens is 1. The smallest absolute Gasteiger partial charge is 0.312 e. The van der Waals surface area contributed by atoms with E-state index in [0.717, 1.165) is 6.42 Å². The maximum Gasteiger partial charge on any atom is 0.312 e. The lowest BCUT2D eigenvalue weighted by atomic mass is 10.0. The van der Waals surface area contributed by atoms with E-state index in [4.69, 9.17) is 5.73 Å². The Morgan fingerprint density at radius 1 is 1.44 bits per heavy atom. The Balaban J connectivity index is 2.74. The monoisotopic (exact) mass is 223 g/mol. The molecule has 0 atom stereocenters. The van der Waals surface area contributed by atoms with Gasteiger partial charge in [0.05, 0.1) is 6.33 Å². The number of rotatable bonds is 2. The van der Waals surface area contributed by atoms with Gasteiger partial charge in [0, 0.05) is 5.54 Å². The molecule has 0 aromatic carbocycles. The van der Waals surface area contributed by atoms with Crippen LogP contribution < -0.4 is 5.73 Å². The average molecular weight is 223 g/mol. The number of aromatic nitrogens is 4. The number of anilines is 1. The van der Waals surface area contributed by atoms with E-state index in [0.29, 0.717) is 11.2 Å². The molecule has 0 unspecified atom stereocenters. The molecule has 0 aliphatic heterocycles. The lowest BCUT2D eigenvalue weighted by Gasteiger charge is -2.24. The van der Waals surface area contributed by atoms with Crippen LogP contribution in [0.4, 0.5) is 10.2 Å². The van der Waals surface area contributed by atoms with Gasteiger partial charge in [-0.1, -0.05) is 6.92 Å². The molecule has 0 aliphatic carbocycles. The van der Waals surface area contributed by atoms with Crippen LogP contribution in [0.25, 0.3) is 11.2 Å². The van der Waals surface area contributed by atoms with E-state index in [-0.39, 0.29) is 11.4 Å². The van der Waals surface area contributed by atoms with Crippen molar-refractivity contribution < 1.29 is 4.39 Å². The zero-order valence-corrected chi connectivity index (χ0v) is 9.53. The molecule has 16 heavy (non-hydrogen) atoms. The minimum atomic E-state index is -0.821. The average Bonchev–Trinajstić information content (AvgIpc) is 2.62. The minimum Gasteiger partial charge on any atom is -0.382 e. The molecule has 2 rings (SSSR count). The molecule has 0 spiro atoms. The standard InChI is InChI=1S/C10H14FN5/c1-4-10(2,3)16-5-13-6-7(12)14-9(11)15-8(6)16/h5H,4H2,1-3H3,(H2,12,14,15). The van der Waals surface area contributed by atoms with Gasteiger partial charge in [-0.05, 0) is 20.3 Å². The van der Waals surface area contributed by atoms with E-state index >= 15 is 0 Å². The fraction of sp³-hybridized carbons (Fsp3) is 0.500. The molecule has 0 saturated heterocycles. The van der Waals surface area contributed by atoms with Crippen molar-refractivity contribution in [2.45, 2.75) is 32.7 Å². The van der Waals surface area contributed by atoms with Gasteiger partial charge in [0.1, 0.15) is 5.52 Å². The molecule has 2 heterocycles. The Hall–Kier alpha value is -1.72. The second kappa shape index (κ2) is 3.40. The quantitative estimate of drug-likeness (QED) is 0.786. The zero-order chi connectivity index (χ0) is 11.9. The van der Waals surface area contributed by atoms with Crippen molar-refractivity contribution in [2.24, 2.45) is 0 Å². The summed E-state index contributed by atoms with van der Waals surface area (Å²) < 4.78 is 14.9. The summed E-state index contributed by atoms with van der Waals surface area (Å²) in [7, 11) is 0. The predicted molar refractivity (Wildman–Crippen MR) is 59.3 cm³/mol. The highest BCUT2D eigenvalue weighted by Crippen LogP contribution is 2.25. The van der Waals surface area contributed by atoms with Gasteiger partial charge in [-0.2, -0.15) is 14.4 Å². The third-order valence-corrected chi connectivity index (χ3v) is 2.91. The van der Waals surface area contributed by atoms with Gasteiger partial charge in [-0.3, -0.25) is 0 Å². The number of hydrogen-bond donors (Lipinski definition) is 1. The third-order valence-electron chi connectivity index (χ3n) is 2.91. The topological polar surface area (TPSA) is 69.6 Å². The maximum absolute atomic E-state index is 13.1. The van der Waals surface area contributed by atoms with Gasteiger partial charge < -0.3 is 10.3 Å². The largest absolute Gasteiger partial charge is 0.382 e. The van der Waals surface area contributed by atoms with E-state index in [1.807, 2.05) is 25.3 Å². The summed E-state index contributed by atoms with van der Waals surface area (Å²) in [6, 6.07) is 0. The number of imidazole rings is 1. The van der Waals surface area contributed by atoms with Gasteiger partial charge in [0.15, 0.2) is 11.5 Å². The Kier molecular flexibility index (Phi) is 2.29. The predicted octanol–water partition coefficient (Wildman–Crippen LogP) is 1.69. The highest BCUT2D eigenvalue weighted by molar-refractivity contribution is 5.81. The van der Waals surface area contributed by atoms with Crippen LogP contribution in [0, 0.1) is 6.08 Å². The zero-order valence-electron chi connectivity index (χ0n) is 9.53. The number of nitrogen functional groups attached to an aromatic ring is 1. The van der Waals surface area contributed by atoms with Crippen LogP contribution in [0.15, 0.2) is 6.33 Å². The first-order chi connectivity index (χ1) is 7.45. The molecular formula is C10H14FN5. The van der Waals surface area contributed by atoms with E-state index < -0.39 is 6.08 Å². The van der Waals surface area contributed by atoms with Crippen LogP contribution >= 0.6 is 0 Å².